The average Bonchev–Trinajstić information content (AvgIpc) is 3.18. The van der Waals surface area contributed by atoms with Gasteiger partial charge in [-0.15, -0.1) is 0 Å². The number of hydrogen-bond donors (Lipinski definition) is 1. The second-order valence-corrected chi connectivity index (χ2v) is 5.48. The highest BCUT2D eigenvalue weighted by atomic mass is 16.7. The summed E-state index contributed by atoms with van der Waals surface area (Å²) in [6.07, 6.45) is 2.57. The molecule has 0 aromatic heterocycles. The van der Waals surface area contributed by atoms with Gasteiger partial charge in [-0.2, -0.15) is 0 Å². The fourth-order valence-electron chi connectivity index (χ4n) is 2.25. The Morgan fingerprint density at radius 3 is 2.90 bits per heavy atom. The molecule has 5 heteroatoms. The molecular formula is C15H18N2O3. The van der Waals surface area contributed by atoms with Gasteiger partial charge in [0.25, 0.3) is 5.91 Å². The molecule has 1 heterocycles. The van der Waals surface area contributed by atoms with Crippen molar-refractivity contribution in [2.75, 3.05) is 7.11 Å². The summed E-state index contributed by atoms with van der Waals surface area (Å²) in [5.41, 5.74) is 0.701. The molecule has 1 saturated carbocycles. The molecule has 1 atom stereocenters. The first-order valence-electron chi connectivity index (χ1n) is 6.82. The van der Waals surface area contributed by atoms with Crippen molar-refractivity contribution in [1.29, 1.82) is 0 Å². The van der Waals surface area contributed by atoms with E-state index in [1.165, 1.54) is 0 Å². The van der Waals surface area contributed by atoms with E-state index >= 15 is 0 Å². The molecule has 1 aromatic carbocycles. The van der Waals surface area contributed by atoms with E-state index in [9.17, 15) is 4.79 Å². The quantitative estimate of drug-likeness (QED) is 0.911. The van der Waals surface area contributed by atoms with Crippen LogP contribution in [-0.2, 0) is 9.63 Å². The van der Waals surface area contributed by atoms with Crippen molar-refractivity contribution >= 4 is 11.6 Å². The predicted molar refractivity (Wildman–Crippen MR) is 74.8 cm³/mol. The molecule has 0 radical (unpaired) electrons. The van der Waals surface area contributed by atoms with Crippen LogP contribution in [0.3, 0.4) is 0 Å². The number of hydrogen-bond acceptors (Lipinski definition) is 4. The van der Waals surface area contributed by atoms with Crippen LogP contribution >= 0.6 is 0 Å². The standard InChI is InChI=1S/C15H18N2O3/c1-15(14(18)16-10-7-8-10)9-12(17-20-15)11-5-3-4-6-13(11)19-2/h3-6,10H,7-9H2,1-2H3,(H,16,18). The third-order valence-corrected chi connectivity index (χ3v) is 3.67. The third-order valence-electron chi connectivity index (χ3n) is 3.67. The Balaban J connectivity index is 1.76. The van der Waals surface area contributed by atoms with Gasteiger partial charge in [-0.05, 0) is 31.9 Å². The Morgan fingerprint density at radius 1 is 1.45 bits per heavy atom. The predicted octanol–water partition coefficient (Wildman–Crippen LogP) is 1.86. The Hall–Kier alpha value is -2.04. The summed E-state index contributed by atoms with van der Waals surface area (Å²) in [5, 5.41) is 7.06. The van der Waals surface area contributed by atoms with Gasteiger partial charge in [-0.3, -0.25) is 4.79 Å². The first kappa shape index (κ1) is 13.0. The highest BCUT2D eigenvalue weighted by Crippen LogP contribution is 2.31. The van der Waals surface area contributed by atoms with Gasteiger partial charge >= 0.3 is 0 Å². The van der Waals surface area contributed by atoms with Gasteiger partial charge in [0.1, 0.15) is 5.75 Å². The van der Waals surface area contributed by atoms with Crippen LogP contribution < -0.4 is 10.1 Å². The van der Waals surface area contributed by atoms with Crippen LogP contribution in [-0.4, -0.2) is 30.4 Å². The number of carbonyl (C=O) groups is 1. The number of para-hydroxylation sites is 1. The molecule has 1 fully saturated rings. The van der Waals surface area contributed by atoms with Crippen LogP contribution in [0.4, 0.5) is 0 Å². The fourth-order valence-corrected chi connectivity index (χ4v) is 2.25. The molecule has 20 heavy (non-hydrogen) atoms. The van der Waals surface area contributed by atoms with Crippen molar-refractivity contribution in [3.63, 3.8) is 0 Å². The average molecular weight is 274 g/mol. The maximum atomic E-state index is 12.2. The summed E-state index contributed by atoms with van der Waals surface area (Å²) < 4.78 is 5.32. The minimum absolute atomic E-state index is 0.0892. The van der Waals surface area contributed by atoms with Crippen LogP contribution in [0.25, 0.3) is 0 Å². The second kappa shape index (κ2) is 4.81. The van der Waals surface area contributed by atoms with Gasteiger partial charge in [0, 0.05) is 18.0 Å². The van der Waals surface area contributed by atoms with Crippen LogP contribution in [0.2, 0.25) is 0 Å². The number of nitrogens with one attached hydrogen (secondary N) is 1. The van der Waals surface area contributed by atoms with Crippen molar-refractivity contribution in [2.45, 2.75) is 37.8 Å². The van der Waals surface area contributed by atoms with Gasteiger partial charge in [-0.25, -0.2) is 0 Å². The molecule has 1 amide bonds. The Kier molecular flexibility index (Phi) is 3.12. The van der Waals surface area contributed by atoms with Gasteiger partial charge < -0.3 is 14.9 Å². The Labute approximate surface area is 117 Å². The van der Waals surface area contributed by atoms with Crippen LogP contribution in [0.15, 0.2) is 29.4 Å². The fraction of sp³-hybridized carbons (Fsp3) is 0.467. The van der Waals surface area contributed by atoms with E-state index in [0.29, 0.717) is 12.5 Å². The summed E-state index contributed by atoms with van der Waals surface area (Å²) >= 11 is 0. The lowest BCUT2D eigenvalue weighted by atomic mass is 9.94. The molecule has 0 bridgehead atoms. The first-order valence-corrected chi connectivity index (χ1v) is 6.82. The van der Waals surface area contributed by atoms with E-state index in [-0.39, 0.29) is 5.91 Å². The summed E-state index contributed by atoms with van der Waals surface area (Å²) in [5.74, 6) is 0.648. The number of carbonyl (C=O) groups excluding carboxylic acids is 1. The topological polar surface area (TPSA) is 59.9 Å². The van der Waals surface area contributed by atoms with E-state index in [0.717, 1.165) is 29.9 Å². The number of nitrogens with zero attached hydrogens (tertiary/aromatic N) is 1. The number of rotatable bonds is 4. The lowest BCUT2D eigenvalue weighted by molar-refractivity contribution is -0.141. The number of oxime groups is 1. The minimum atomic E-state index is -0.918. The van der Waals surface area contributed by atoms with Gasteiger partial charge in [0.2, 0.25) is 5.60 Å². The van der Waals surface area contributed by atoms with Gasteiger partial charge in [-0.1, -0.05) is 17.3 Å². The lowest BCUT2D eigenvalue weighted by Gasteiger charge is -2.20. The molecule has 106 valence electrons. The summed E-state index contributed by atoms with van der Waals surface area (Å²) in [7, 11) is 1.62. The monoisotopic (exact) mass is 274 g/mol. The van der Waals surface area contributed by atoms with Crippen molar-refractivity contribution in [3.05, 3.63) is 29.8 Å². The molecule has 5 nitrogen and oxygen atoms in total. The molecule has 1 unspecified atom stereocenters. The van der Waals surface area contributed by atoms with E-state index in [1.807, 2.05) is 24.3 Å². The lowest BCUT2D eigenvalue weighted by Crippen LogP contribution is -2.45. The molecular weight excluding hydrogens is 256 g/mol. The molecule has 1 N–H and O–H groups in total. The van der Waals surface area contributed by atoms with Crippen molar-refractivity contribution < 1.29 is 14.4 Å². The van der Waals surface area contributed by atoms with Crippen molar-refractivity contribution in [1.82, 2.24) is 5.32 Å². The van der Waals surface area contributed by atoms with Crippen molar-refractivity contribution in [3.8, 4) is 5.75 Å². The molecule has 0 saturated heterocycles. The Bertz CT molecular complexity index is 566. The highest BCUT2D eigenvalue weighted by molar-refractivity contribution is 6.07. The highest BCUT2D eigenvalue weighted by Gasteiger charge is 2.44. The SMILES string of the molecule is COc1ccccc1C1=NOC(C)(C(=O)NC2CC2)C1. The normalized spacial score (nSPS) is 24.8. The van der Waals surface area contributed by atoms with E-state index in [4.69, 9.17) is 9.57 Å². The van der Waals surface area contributed by atoms with Crippen LogP contribution in [0.1, 0.15) is 31.7 Å². The maximum absolute atomic E-state index is 12.2. The smallest absolute Gasteiger partial charge is 0.267 e. The first-order chi connectivity index (χ1) is 9.62. The second-order valence-electron chi connectivity index (χ2n) is 5.48. The number of benzene rings is 1. The third kappa shape index (κ3) is 2.35. The van der Waals surface area contributed by atoms with Gasteiger partial charge in [0.15, 0.2) is 0 Å². The minimum Gasteiger partial charge on any atom is -0.496 e. The molecule has 1 aromatic rings. The maximum Gasteiger partial charge on any atom is 0.267 e. The number of amides is 1. The molecule has 1 aliphatic carbocycles. The molecule has 2 aliphatic rings. The van der Waals surface area contributed by atoms with E-state index in [1.54, 1.807) is 14.0 Å². The van der Waals surface area contributed by atoms with Gasteiger partial charge in [0.05, 0.1) is 12.8 Å². The molecule has 0 spiro atoms. The van der Waals surface area contributed by atoms with Crippen LogP contribution in [0, 0.1) is 0 Å². The zero-order chi connectivity index (χ0) is 14.2. The molecule has 1 aliphatic heterocycles. The zero-order valence-corrected chi connectivity index (χ0v) is 11.7. The zero-order valence-electron chi connectivity index (χ0n) is 11.7. The largest absolute Gasteiger partial charge is 0.496 e. The summed E-state index contributed by atoms with van der Waals surface area (Å²) in [6, 6.07) is 7.93. The molecule has 3 rings (SSSR count). The van der Waals surface area contributed by atoms with Crippen molar-refractivity contribution in [2.24, 2.45) is 5.16 Å². The number of ether oxygens (including phenoxy) is 1. The summed E-state index contributed by atoms with van der Waals surface area (Å²) in [6.45, 7) is 1.77. The van der Waals surface area contributed by atoms with E-state index in [2.05, 4.69) is 10.5 Å². The number of methoxy groups -OCH3 is 1. The van der Waals surface area contributed by atoms with E-state index < -0.39 is 5.60 Å². The van der Waals surface area contributed by atoms with Crippen LogP contribution in [0.5, 0.6) is 5.75 Å². The Morgan fingerprint density at radius 2 is 2.20 bits per heavy atom. The summed E-state index contributed by atoms with van der Waals surface area (Å²) in [4.78, 5) is 17.6.